The number of ether oxygens (including phenoxy) is 1. The van der Waals surface area contributed by atoms with Crippen LogP contribution in [-0.2, 0) is 11.2 Å². The number of anilines is 2. The molecule has 0 aromatic heterocycles. The number of methoxy groups -OCH3 is 1. The van der Waals surface area contributed by atoms with Crippen LogP contribution in [0.5, 0.6) is 5.75 Å². The maximum atomic E-state index is 12.1. The molecule has 27 heavy (non-hydrogen) atoms. The van der Waals surface area contributed by atoms with Crippen molar-refractivity contribution in [1.29, 1.82) is 0 Å². The molecular formula is C21H25N3O3. The first kappa shape index (κ1) is 18.8. The van der Waals surface area contributed by atoms with Gasteiger partial charge in [0.1, 0.15) is 5.75 Å². The molecule has 3 rings (SSSR count). The van der Waals surface area contributed by atoms with Crippen molar-refractivity contribution >= 4 is 23.3 Å². The summed E-state index contributed by atoms with van der Waals surface area (Å²) in [6.07, 6.45) is 3.28. The number of amides is 3. The molecule has 0 radical (unpaired) electrons. The van der Waals surface area contributed by atoms with Crippen molar-refractivity contribution in [2.75, 3.05) is 30.4 Å². The minimum absolute atomic E-state index is 0.141. The highest BCUT2D eigenvalue weighted by atomic mass is 16.5. The first-order chi connectivity index (χ1) is 13.2. The van der Waals surface area contributed by atoms with E-state index in [-0.39, 0.29) is 11.9 Å². The molecule has 0 bridgehead atoms. The largest absolute Gasteiger partial charge is 0.497 e. The molecule has 1 aliphatic rings. The van der Waals surface area contributed by atoms with Crippen LogP contribution in [0.3, 0.4) is 0 Å². The average molecular weight is 367 g/mol. The summed E-state index contributed by atoms with van der Waals surface area (Å²) in [5, 5.41) is 5.69. The van der Waals surface area contributed by atoms with Gasteiger partial charge in [-0.05, 0) is 55.2 Å². The van der Waals surface area contributed by atoms with Crippen molar-refractivity contribution in [3.8, 4) is 5.75 Å². The zero-order valence-electron chi connectivity index (χ0n) is 15.5. The number of nitrogens with zero attached hydrogens (tertiary/aromatic N) is 1. The molecule has 2 N–H and O–H groups in total. The third-order valence-corrected chi connectivity index (χ3v) is 4.60. The summed E-state index contributed by atoms with van der Waals surface area (Å²) in [4.78, 5) is 26.0. The van der Waals surface area contributed by atoms with Crippen LogP contribution in [0.25, 0.3) is 0 Å². The van der Waals surface area contributed by atoms with Gasteiger partial charge in [0.15, 0.2) is 0 Å². The molecule has 2 aromatic rings. The normalized spacial score (nSPS) is 14.0. The zero-order chi connectivity index (χ0) is 19.1. The van der Waals surface area contributed by atoms with Crippen molar-refractivity contribution in [3.63, 3.8) is 0 Å². The predicted octanol–water partition coefficient (Wildman–Crippen LogP) is 3.58. The Morgan fingerprint density at radius 3 is 2.70 bits per heavy atom. The molecule has 1 fully saturated rings. The van der Waals surface area contributed by atoms with Crippen LogP contribution in [0.15, 0.2) is 48.5 Å². The van der Waals surface area contributed by atoms with Crippen LogP contribution in [0.4, 0.5) is 16.2 Å². The minimum atomic E-state index is -0.259. The van der Waals surface area contributed by atoms with Gasteiger partial charge in [-0.25, -0.2) is 4.79 Å². The second kappa shape index (κ2) is 9.07. The number of urea groups is 1. The van der Waals surface area contributed by atoms with E-state index in [0.717, 1.165) is 42.8 Å². The van der Waals surface area contributed by atoms with Gasteiger partial charge in [0.05, 0.1) is 7.11 Å². The molecule has 6 nitrogen and oxygen atoms in total. The van der Waals surface area contributed by atoms with Crippen LogP contribution in [-0.4, -0.2) is 32.1 Å². The standard InChI is InChI=1S/C21H25N3O3/c1-27-19-10-8-16(9-11-19)12-13-22-21(26)23-17-5-4-6-18(15-17)24-14-3-2-7-20(24)25/h4-6,8-11,15H,2-3,7,12-14H2,1H3,(H2,22,23,26). The molecule has 0 unspecified atom stereocenters. The second-order valence-electron chi connectivity index (χ2n) is 6.53. The molecule has 3 amide bonds. The van der Waals surface area contributed by atoms with Crippen molar-refractivity contribution in [2.24, 2.45) is 0 Å². The van der Waals surface area contributed by atoms with Crippen molar-refractivity contribution in [3.05, 3.63) is 54.1 Å². The maximum Gasteiger partial charge on any atom is 0.319 e. The number of rotatable bonds is 6. The molecule has 1 heterocycles. The minimum Gasteiger partial charge on any atom is -0.497 e. The lowest BCUT2D eigenvalue weighted by Gasteiger charge is -2.27. The Labute approximate surface area is 159 Å². The third-order valence-electron chi connectivity index (χ3n) is 4.60. The van der Waals surface area contributed by atoms with E-state index in [0.29, 0.717) is 18.7 Å². The van der Waals surface area contributed by atoms with Crippen LogP contribution < -0.4 is 20.3 Å². The van der Waals surface area contributed by atoms with E-state index in [2.05, 4.69) is 10.6 Å². The lowest BCUT2D eigenvalue weighted by atomic mass is 10.1. The summed E-state index contributed by atoms with van der Waals surface area (Å²) < 4.78 is 5.13. The Bertz CT molecular complexity index is 790. The van der Waals surface area contributed by atoms with Crippen molar-refractivity contribution < 1.29 is 14.3 Å². The average Bonchev–Trinajstić information content (AvgIpc) is 2.69. The van der Waals surface area contributed by atoms with Gasteiger partial charge in [-0.1, -0.05) is 18.2 Å². The fourth-order valence-electron chi connectivity index (χ4n) is 3.12. The fourth-order valence-corrected chi connectivity index (χ4v) is 3.12. The van der Waals surface area contributed by atoms with E-state index in [1.807, 2.05) is 48.5 Å². The van der Waals surface area contributed by atoms with Crippen LogP contribution in [0.1, 0.15) is 24.8 Å². The Kier molecular flexibility index (Phi) is 6.30. The lowest BCUT2D eigenvalue weighted by molar-refractivity contribution is -0.119. The SMILES string of the molecule is COc1ccc(CCNC(=O)Nc2cccc(N3CCCCC3=O)c2)cc1. The van der Waals surface area contributed by atoms with Gasteiger partial charge in [0, 0.05) is 30.9 Å². The number of hydrogen-bond donors (Lipinski definition) is 2. The molecule has 1 aliphatic heterocycles. The summed E-state index contributed by atoms with van der Waals surface area (Å²) in [7, 11) is 1.64. The molecule has 0 atom stereocenters. The maximum absolute atomic E-state index is 12.1. The van der Waals surface area contributed by atoms with Gasteiger partial charge in [0.25, 0.3) is 0 Å². The molecule has 2 aromatic carbocycles. The summed E-state index contributed by atoms with van der Waals surface area (Å²) in [6, 6.07) is 14.9. The highest BCUT2D eigenvalue weighted by Crippen LogP contribution is 2.23. The van der Waals surface area contributed by atoms with Gasteiger partial charge in [-0.3, -0.25) is 4.79 Å². The van der Waals surface area contributed by atoms with Crippen LogP contribution >= 0.6 is 0 Å². The topological polar surface area (TPSA) is 70.7 Å². The summed E-state index contributed by atoms with van der Waals surface area (Å²) >= 11 is 0. The van der Waals surface area contributed by atoms with Gasteiger partial charge in [-0.15, -0.1) is 0 Å². The van der Waals surface area contributed by atoms with Gasteiger partial charge >= 0.3 is 6.03 Å². The Morgan fingerprint density at radius 2 is 1.96 bits per heavy atom. The van der Waals surface area contributed by atoms with E-state index < -0.39 is 0 Å². The molecule has 142 valence electrons. The molecular weight excluding hydrogens is 342 g/mol. The van der Waals surface area contributed by atoms with E-state index in [4.69, 9.17) is 4.74 Å². The van der Waals surface area contributed by atoms with Crippen molar-refractivity contribution in [1.82, 2.24) is 5.32 Å². The van der Waals surface area contributed by atoms with Gasteiger partial charge in [0.2, 0.25) is 5.91 Å². The quantitative estimate of drug-likeness (QED) is 0.820. The fraction of sp³-hybridized carbons (Fsp3) is 0.333. The Balaban J connectivity index is 1.50. The van der Waals surface area contributed by atoms with E-state index in [1.165, 1.54) is 0 Å². The third kappa shape index (κ3) is 5.23. The monoisotopic (exact) mass is 367 g/mol. The first-order valence-electron chi connectivity index (χ1n) is 9.24. The predicted molar refractivity (Wildman–Crippen MR) is 106 cm³/mol. The first-order valence-corrected chi connectivity index (χ1v) is 9.24. The number of carbonyl (C=O) groups is 2. The summed E-state index contributed by atoms with van der Waals surface area (Å²) in [6.45, 7) is 1.26. The number of piperidine rings is 1. The Hall–Kier alpha value is -3.02. The van der Waals surface area contributed by atoms with Gasteiger partial charge < -0.3 is 20.3 Å². The summed E-state index contributed by atoms with van der Waals surface area (Å²) in [5.41, 5.74) is 2.63. The molecule has 0 aliphatic carbocycles. The van der Waals surface area contributed by atoms with Gasteiger partial charge in [-0.2, -0.15) is 0 Å². The van der Waals surface area contributed by atoms with Crippen LogP contribution in [0.2, 0.25) is 0 Å². The zero-order valence-corrected chi connectivity index (χ0v) is 15.5. The Morgan fingerprint density at radius 1 is 1.15 bits per heavy atom. The number of benzene rings is 2. The molecule has 0 spiro atoms. The highest BCUT2D eigenvalue weighted by molar-refractivity contribution is 5.95. The lowest BCUT2D eigenvalue weighted by Crippen LogP contribution is -2.35. The summed E-state index contributed by atoms with van der Waals surface area (Å²) in [5.74, 6) is 0.957. The number of hydrogen-bond acceptors (Lipinski definition) is 3. The van der Waals surface area contributed by atoms with Crippen LogP contribution in [0, 0.1) is 0 Å². The van der Waals surface area contributed by atoms with Crippen molar-refractivity contribution in [2.45, 2.75) is 25.7 Å². The molecule has 0 saturated carbocycles. The van der Waals surface area contributed by atoms with E-state index in [1.54, 1.807) is 12.0 Å². The van der Waals surface area contributed by atoms with E-state index in [9.17, 15) is 9.59 Å². The second-order valence-corrected chi connectivity index (χ2v) is 6.53. The highest BCUT2D eigenvalue weighted by Gasteiger charge is 2.19. The number of carbonyl (C=O) groups excluding carboxylic acids is 2. The number of nitrogens with one attached hydrogen (secondary N) is 2. The molecule has 1 saturated heterocycles. The van der Waals surface area contributed by atoms with E-state index >= 15 is 0 Å². The smallest absolute Gasteiger partial charge is 0.319 e. The molecule has 6 heteroatoms.